The van der Waals surface area contributed by atoms with Crippen LogP contribution in [0.5, 0.6) is 5.88 Å². The van der Waals surface area contributed by atoms with Gasteiger partial charge in [-0.05, 0) is 71.2 Å². The first-order chi connectivity index (χ1) is 18.1. The van der Waals surface area contributed by atoms with E-state index in [1.54, 1.807) is 24.7 Å². The Morgan fingerprint density at radius 2 is 2.00 bits per heavy atom. The summed E-state index contributed by atoms with van der Waals surface area (Å²) < 4.78 is 31.8. The number of anilines is 1. The van der Waals surface area contributed by atoms with Crippen molar-refractivity contribution in [3.8, 4) is 16.5 Å². The summed E-state index contributed by atoms with van der Waals surface area (Å²) in [6, 6.07) is 4.29. The van der Waals surface area contributed by atoms with Crippen molar-refractivity contribution in [3.05, 3.63) is 47.6 Å². The maximum atomic E-state index is 11.9. The Labute approximate surface area is 229 Å². The van der Waals surface area contributed by atoms with Crippen molar-refractivity contribution in [1.29, 1.82) is 0 Å². The predicted octanol–water partition coefficient (Wildman–Crippen LogP) is 3.46. The van der Waals surface area contributed by atoms with Gasteiger partial charge in [0.2, 0.25) is 15.9 Å². The van der Waals surface area contributed by atoms with Crippen LogP contribution < -0.4 is 15.2 Å². The Kier molecular flexibility index (Phi) is 8.90. The van der Waals surface area contributed by atoms with E-state index < -0.39 is 15.9 Å². The molecule has 2 fully saturated rings. The first-order valence-electron chi connectivity index (χ1n) is 12.5. The van der Waals surface area contributed by atoms with Crippen molar-refractivity contribution in [3.63, 3.8) is 0 Å². The number of carbonyl (C=O) groups is 1. The van der Waals surface area contributed by atoms with Crippen molar-refractivity contribution in [2.24, 2.45) is 11.7 Å². The van der Waals surface area contributed by atoms with Crippen molar-refractivity contribution in [2.75, 3.05) is 25.4 Å². The molecule has 38 heavy (non-hydrogen) atoms. The highest BCUT2D eigenvalue weighted by molar-refractivity contribution is 7.93. The Hall–Kier alpha value is -3.16. The zero-order chi connectivity index (χ0) is 27.3. The second kappa shape index (κ2) is 12.1. The van der Waals surface area contributed by atoms with E-state index in [2.05, 4.69) is 43.7 Å². The summed E-state index contributed by atoms with van der Waals surface area (Å²) >= 11 is 1.18. The number of hydrogen-bond acceptors (Lipinski definition) is 10. The summed E-state index contributed by atoms with van der Waals surface area (Å²) in [7, 11) is 1.05. The number of thiazole rings is 1. The molecule has 0 atom stereocenters. The highest BCUT2D eigenvalue weighted by Gasteiger charge is 2.36. The fourth-order valence-corrected chi connectivity index (χ4v) is 6.16. The minimum atomic E-state index is -3.18. The summed E-state index contributed by atoms with van der Waals surface area (Å²) in [5.41, 5.74) is 7.37. The molecule has 0 spiro atoms. The van der Waals surface area contributed by atoms with Gasteiger partial charge in [0, 0.05) is 27.0 Å². The Balaban J connectivity index is 0.000000272. The molecule has 13 heteroatoms. The number of rotatable bonds is 10. The summed E-state index contributed by atoms with van der Waals surface area (Å²) in [6.07, 6.45) is 11.3. The molecule has 0 unspecified atom stereocenters. The van der Waals surface area contributed by atoms with Crippen LogP contribution >= 0.6 is 11.3 Å². The van der Waals surface area contributed by atoms with Gasteiger partial charge in [-0.1, -0.05) is 0 Å². The highest BCUT2D eigenvalue weighted by Crippen LogP contribution is 2.34. The Morgan fingerprint density at radius 3 is 2.63 bits per heavy atom. The average molecular weight is 564 g/mol. The van der Waals surface area contributed by atoms with Gasteiger partial charge in [0.05, 0.1) is 34.8 Å². The number of aromatic nitrogens is 4. The second-order valence-corrected chi connectivity index (χ2v) is 12.6. The van der Waals surface area contributed by atoms with Crippen molar-refractivity contribution < 1.29 is 20.8 Å². The van der Waals surface area contributed by atoms with Crippen LogP contribution in [0.4, 0.5) is 5.69 Å². The lowest BCUT2D eigenvalue weighted by Gasteiger charge is -2.39. The molecule has 0 aromatic carbocycles. The average Bonchev–Trinajstić information content (AvgIpc) is 3.59. The predicted molar refractivity (Wildman–Crippen MR) is 151 cm³/mol. The number of carbonyl (C=O) groups excluding carboxylic acids is 1. The van der Waals surface area contributed by atoms with Gasteiger partial charge in [0.15, 0.2) is 5.01 Å². The van der Waals surface area contributed by atoms with Crippen molar-refractivity contribution in [1.82, 2.24) is 24.8 Å². The first kappa shape index (κ1) is 27.9. The van der Waals surface area contributed by atoms with E-state index >= 15 is 0 Å². The molecule has 1 amide bonds. The van der Waals surface area contributed by atoms with E-state index in [4.69, 9.17) is 10.5 Å². The van der Waals surface area contributed by atoms with Crippen LogP contribution in [-0.2, 0) is 16.4 Å². The Morgan fingerprint density at radius 1 is 1.24 bits per heavy atom. The van der Waals surface area contributed by atoms with Gasteiger partial charge < -0.3 is 15.4 Å². The van der Waals surface area contributed by atoms with E-state index in [0.29, 0.717) is 35.8 Å². The number of pyridine rings is 1. The quantitative estimate of drug-likeness (QED) is 0.377. The molecule has 0 bridgehead atoms. The number of primary amides is 1. The van der Waals surface area contributed by atoms with E-state index in [1.807, 2.05) is 13.0 Å². The molecule has 2 aliphatic carbocycles. The normalized spacial score (nSPS) is 18.7. The van der Waals surface area contributed by atoms with E-state index in [-0.39, 0.29) is 13.1 Å². The van der Waals surface area contributed by atoms with Crippen LogP contribution in [0.25, 0.3) is 10.6 Å². The zero-order valence-electron chi connectivity index (χ0n) is 21.7. The van der Waals surface area contributed by atoms with Crippen LogP contribution in [-0.4, -0.2) is 71.2 Å². The van der Waals surface area contributed by atoms with Gasteiger partial charge in [-0.15, -0.1) is 11.3 Å². The highest BCUT2D eigenvalue weighted by atomic mass is 32.2. The smallest absolute Gasteiger partial charge is 0.277 e. The monoisotopic (exact) mass is 563 g/mol. The largest absolute Gasteiger partial charge is 0.477 e. The first-order valence-corrected chi connectivity index (χ1v) is 14.8. The molecule has 0 radical (unpaired) electrons. The van der Waals surface area contributed by atoms with Crippen LogP contribution in [0.3, 0.4) is 0 Å². The number of sulfonamides is 1. The fraction of sp³-hybridized carbons (Fsp3) is 0.480. The maximum Gasteiger partial charge on any atom is 0.277 e. The molecule has 208 valence electrons. The number of ether oxygens (including phenoxy) is 1. The summed E-state index contributed by atoms with van der Waals surface area (Å²) in [4.78, 5) is 30.4. The lowest BCUT2D eigenvalue weighted by Crippen LogP contribution is -2.41. The number of nitrogens with two attached hydrogens (primary N) is 1. The van der Waals surface area contributed by atoms with Gasteiger partial charge in [-0.25, -0.2) is 18.4 Å². The molecular formula is C25H37N7O4S2. The molecule has 3 aromatic heterocycles. The minimum Gasteiger partial charge on any atom is -0.477 e. The molecule has 3 aromatic rings. The lowest BCUT2D eigenvalue weighted by molar-refractivity contribution is 0.1000. The second-order valence-electron chi connectivity index (χ2n) is 9.61. The summed E-state index contributed by atoms with van der Waals surface area (Å²) in [5.74, 6) is 0.564. The van der Waals surface area contributed by atoms with Gasteiger partial charge in [-0.2, -0.15) is 0 Å². The number of amides is 1. The molecule has 11 nitrogen and oxygen atoms in total. The maximum absolute atomic E-state index is 11.9. The zero-order valence-corrected chi connectivity index (χ0v) is 23.3. The van der Waals surface area contributed by atoms with Crippen molar-refractivity contribution >= 4 is 33.0 Å². The standard InChI is InChI=1S/C15H23N3O2S.C10H10N4O2S.2H2/c1-18(2)14-8-11(9-14)7-13-10-12(5-6-16-13)17-21(19,20)15-3-4-15;1-2-16-8-5-12-3-6(14-8)7-4-13-10(17-7)9(11)15;;/h5-6,10-11,14-15H,3-4,7-9H2,1-2H3,(H,16,17);3-5H,2H2,1H3,(H2,11,15);2*1H. The van der Waals surface area contributed by atoms with Crippen LogP contribution in [0.15, 0.2) is 36.9 Å². The summed E-state index contributed by atoms with van der Waals surface area (Å²) in [6.45, 7) is 2.39. The molecule has 3 heterocycles. The van der Waals surface area contributed by atoms with E-state index in [1.165, 1.54) is 30.4 Å². The molecular weight excluding hydrogens is 526 g/mol. The third-order valence-electron chi connectivity index (χ3n) is 6.35. The number of hydrogen-bond donors (Lipinski definition) is 2. The van der Waals surface area contributed by atoms with Crippen LogP contribution in [0.1, 0.15) is 51.0 Å². The lowest BCUT2D eigenvalue weighted by atomic mass is 9.77. The summed E-state index contributed by atoms with van der Waals surface area (Å²) in [5, 5.41) is 0.0604. The van der Waals surface area contributed by atoms with Gasteiger partial charge in [0.25, 0.3) is 5.91 Å². The minimum absolute atomic E-state index is 0. The van der Waals surface area contributed by atoms with Gasteiger partial charge >= 0.3 is 0 Å². The molecule has 5 rings (SSSR count). The third kappa shape index (κ3) is 7.45. The van der Waals surface area contributed by atoms with Crippen LogP contribution in [0.2, 0.25) is 0 Å². The molecule has 2 saturated carbocycles. The molecule has 0 aliphatic heterocycles. The SMILES string of the molecule is CCOc1cncc(-c2cnc(C(N)=O)s2)n1.CN(C)C1CC(Cc2cc(NS(=O)(=O)C3CC3)ccn2)C1.[HH].[HH]. The van der Waals surface area contributed by atoms with Gasteiger partial charge in [-0.3, -0.25) is 19.5 Å². The van der Waals surface area contributed by atoms with Crippen LogP contribution in [0, 0.1) is 5.92 Å². The molecule has 3 N–H and O–H groups in total. The van der Waals surface area contributed by atoms with Crippen molar-refractivity contribution in [2.45, 2.75) is 50.3 Å². The van der Waals surface area contributed by atoms with Gasteiger partial charge in [0.1, 0.15) is 5.69 Å². The van der Waals surface area contributed by atoms with E-state index in [0.717, 1.165) is 29.8 Å². The Bertz CT molecular complexity index is 1360. The number of nitrogens with zero attached hydrogens (tertiary/aromatic N) is 5. The molecule has 0 saturated heterocycles. The van der Waals surface area contributed by atoms with E-state index in [9.17, 15) is 13.2 Å². The molecule has 2 aliphatic rings. The number of nitrogens with one attached hydrogen (secondary N) is 1. The third-order valence-corrected chi connectivity index (χ3v) is 9.26. The topological polar surface area (TPSA) is 153 Å². The fourth-order valence-electron chi connectivity index (χ4n) is 4.05.